The monoisotopic (exact) mass is 157 g/mol. The van der Waals surface area contributed by atoms with Gasteiger partial charge < -0.3 is 14.8 Å². The van der Waals surface area contributed by atoms with E-state index in [1.54, 1.807) is 0 Å². The molecule has 2 atom stereocenters. The second kappa shape index (κ2) is 3.52. The molecule has 3 nitrogen and oxygen atoms in total. The molecule has 0 bridgehead atoms. The van der Waals surface area contributed by atoms with Crippen LogP contribution in [0.2, 0.25) is 0 Å². The van der Waals surface area contributed by atoms with Gasteiger partial charge in [-0.05, 0) is 12.8 Å². The maximum Gasteiger partial charge on any atom is 0.0751 e. The first-order valence-corrected chi connectivity index (χ1v) is 4.39. The van der Waals surface area contributed by atoms with E-state index >= 15 is 0 Å². The molecule has 0 amide bonds. The predicted octanol–water partition coefficient (Wildman–Crippen LogP) is 0.154. The Bertz CT molecular complexity index is 117. The van der Waals surface area contributed by atoms with Gasteiger partial charge in [0.05, 0.1) is 25.4 Å². The lowest BCUT2D eigenvalue weighted by molar-refractivity contribution is 0.00465. The quantitative estimate of drug-likeness (QED) is 0.588. The largest absolute Gasteiger partial charge is 0.378 e. The Morgan fingerprint density at radius 1 is 1.27 bits per heavy atom. The zero-order chi connectivity index (χ0) is 7.52. The molecule has 0 unspecified atom stereocenters. The molecule has 2 rings (SSSR count). The zero-order valence-corrected chi connectivity index (χ0v) is 6.71. The van der Waals surface area contributed by atoms with E-state index in [2.05, 4.69) is 5.32 Å². The lowest BCUT2D eigenvalue weighted by atomic mass is 10.1. The summed E-state index contributed by atoms with van der Waals surface area (Å²) in [7, 11) is 0. The second-order valence-electron chi connectivity index (χ2n) is 3.19. The molecule has 2 saturated heterocycles. The summed E-state index contributed by atoms with van der Waals surface area (Å²) in [4.78, 5) is 0. The minimum absolute atomic E-state index is 0.412. The topological polar surface area (TPSA) is 30.5 Å². The second-order valence-corrected chi connectivity index (χ2v) is 3.19. The molecule has 2 aliphatic heterocycles. The van der Waals surface area contributed by atoms with Crippen molar-refractivity contribution in [3.63, 3.8) is 0 Å². The minimum Gasteiger partial charge on any atom is -0.378 e. The zero-order valence-electron chi connectivity index (χ0n) is 6.71. The average molecular weight is 157 g/mol. The van der Waals surface area contributed by atoms with Crippen molar-refractivity contribution in [1.29, 1.82) is 0 Å². The van der Waals surface area contributed by atoms with E-state index in [1.165, 1.54) is 12.8 Å². The van der Waals surface area contributed by atoms with Crippen molar-refractivity contribution in [2.24, 2.45) is 0 Å². The maximum atomic E-state index is 5.55. The smallest absolute Gasteiger partial charge is 0.0751 e. The number of hydrogen-bond acceptors (Lipinski definition) is 3. The lowest BCUT2D eigenvalue weighted by Gasteiger charge is -2.27. The van der Waals surface area contributed by atoms with Gasteiger partial charge in [-0.2, -0.15) is 0 Å². The number of ether oxygens (including phenoxy) is 2. The first kappa shape index (κ1) is 7.53. The molecule has 3 heteroatoms. The van der Waals surface area contributed by atoms with E-state index in [4.69, 9.17) is 9.47 Å². The summed E-state index contributed by atoms with van der Waals surface area (Å²) in [6.07, 6.45) is 2.82. The van der Waals surface area contributed by atoms with Gasteiger partial charge in [-0.25, -0.2) is 0 Å². The van der Waals surface area contributed by atoms with E-state index in [0.717, 1.165) is 26.4 Å². The van der Waals surface area contributed by atoms with Crippen LogP contribution in [-0.4, -0.2) is 38.5 Å². The molecule has 2 fully saturated rings. The lowest BCUT2D eigenvalue weighted by Crippen LogP contribution is -2.48. The first-order valence-electron chi connectivity index (χ1n) is 4.39. The molecular formula is C8H15NO2. The number of rotatable bonds is 1. The highest BCUT2D eigenvalue weighted by molar-refractivity contribution is 4.81. The molecule has 0 radical (unpaired) electrons. The van der Waals surface area contributed by atoms with Crippen LogP contribution < -0.4 is 5.32 Å². The standard InChI is InChI=1S/C8H15NO2/c1-2-8(11-4-1)7-6-10-5-3-9-7/h7-9H,1-6H2/t7-,8+/m0/s1. The molecule has 2 heterocycles. The van der Waals surface area contributed by atoms with Gasteiger partial charge in [0.1, 0.15) is 0 Å². The van der Waals surface area contributed by atoms with Crippen LogP contribution in [0.4, 0.5) is 0 Å². The van der Waals surface area contributed by atoms with Crippen LogP contribution in [0.15, 0.2) is 0 Å². The summed E-state index contributed by atoms with van der Waals surface area (Å²) in [6, 6.07) is 0.450. The predicted molar refractivity (Wildman–Crippen MR) is 41.6 cm³/mol. The summed E-state index contributed by atoms with van der Waals surface area (Å²) >= 11 is 0. The fourth-order valence-corrected chi connectivity index (χ4v) is 1.74. The Hall–Kier alpha value is -0.120. The average Bonchev–Trinajstić information content (AvgIpc) is 2.58. The molecule has 0 aromatic rings. The fraction of sp³-hybridized carbons (Fsp3) is 1.00. The van der Waals surface area contributed by atoms with E-state index in [9.17, 15) is 0 Å². The van der Waals surface area contributed by atoms with Crippen LogP contribution in [0.3, 0.4) is 0 Å². The minimum atomic E-state index is 0.412. The van der Waals surface area contributed by atoms with Gasteiger partial charge in [-0.3, -0.25) is 0 Å². The van der Waals surface area contributed by atoms with Crippen LogP contribution in [0, 0.1) is 0 Å². The van der Waals surface area contributed by atoms with E-state index in [0.29, 0.717) is 12.1 Å². The highest BCUT2D eigenvalue weighted by atomic mass is 16.5. The van der Waals surface area contributed by atoms with Crippen molar-refractivity contribution in [3.8, 4) is 0 Å². The SMILES string of the molecule is C1CO[C@@H]([C@@H]2COCCN2)C1. The Labute approximate surface area is 67.1 Å². The molecule has 0 spiro atoms. The molecular weight excluding hydrogens is 142 g/mol. The summed E-state index contributed by atoms with van der Waals surface area (Å²) < 4.78 is 10.9. The van der Waals surface area contributed by atoms with Gasteiger partial charge in [0.15, 0.2) is 0 Å². The summed E-state index contributed by atoms with van der Waals surface area (Å²) in [5.74, 6) is 0. The van der Waals surface area contributed by atoms with Gasteiger partial charge >= 0.3 is 0 Å². The van der Waals surface area contributed by atoms with Crippen LogP contribution >= 0.6 is 0 Å². The molecule has 11 heavy (non-hydrogen) atoms. The summed E-state index contributed by atoms with van der Waals surface area (Å²) in [5.41, 5.74) is 0. The maximum absolute atomic E-state index is 5.55. The molecule has 2 aliphatic rings. The van der Waals surface area contributed by atoms with Crippen LogP contribution in [0.25, 0.3) is 0 Å². The van der Waals surface area contributed by atoms with Gasteiger partial charge in [0.2, 0.25) is 0 Å². The molecule has 1 N–H and O–H groups in total. The van der Waals surface area contributed by atoms with Crippen LogP contribution in [0.5, 0.6) is 0 Å². The highest BCUT2D eigenvalue weighted by Crippen LogP contribution is 2.16. The molecule has 0 aromatic heterocycles. The van der Waals surface area contributed by atoms with Crippen molar-refractivity contribution in [1.82, 2.24) is 5.32 Å². The van der Waals surface area contributed by atoms with Crippen molar-refractivity contribution in [2.75, 3.05) is 26.4 Å². The third kappa shape index (κ3) is 1.72. The van der Waals surface area contributed by atoms with Gasteiger partial charge in [-0.15, -0.1) is 0 Å². The number of morpholine rings is 1. The van der Waals surface area contributed by atoms with Crippen LogP contribution in [-0.2, 0) is 9.47 Å². The van der Waals surface area contributed by atoms with Crippen molar-refractivity contribution in [2.45, 2.75) is 25.0 Å². The summed E-state index contributed by atoms with van der Waals surface area (Å²) in [6.45, 7) is 3.58. The molecule has 0 aliphatic carbocycles. The van der Waals surface area contributed by atoms with E-state index < -0.39 is 0 Å². The van der Waals surface area contributed by atoms with Crippen molar-refractivity contribution >= 4 is 0 Å². The fourth-order valence-electron chi connectivity index (χ4n) is 1.74. The molecule has 0 aromatic carbocycles. The van der Waals surface area contributed by atoms with Gasteiger partial charge in [0, 0.05) is 13.2 Å². The van der Waals surface area contributed by atoms with Gasteiger partial charge in [-0.1, -0.05) is 0 Å². The first-order chi connectivity index (χ1) is 5.47. The summed E-state index contributed by atoms with van der Waals surface area (Å²) in [5, 5.41) is 3.41. The number of nitrogens with one attached hydrogen (secondary N) is 1. The van der Waals surface area contributed by atoms with Gasteiger partial charge in [0.25, 0.3) is 0 Å². The van der Waals surface area contributed by atoms with E-state index in [1.807, 2.05) is 0 Å². The Morgan fingerprint density at radius 3 is 2.91 bits per heavy atom. The van der Waals surface area contributed by atoms with Crippen LogP contribution in [0.1, 0.15) is 12.8 Å². The highest BCUT2D eigenvalue weighted by Gasteiger charge is 2.27. The molecule has 64 valence electrons. The Morgan fingerprint density at radius 2 is 2.27 bits per heavy atom. The van der Waals surface area contributed by atoms with Crippen molar-refractivity contribution in [3.05, 3.63) is 0 Å². The Kier molecular flexibility index (Phi) is 2.41. The van der Waals surface area contributed by atoms with Crippen molar-refractivity contribution < 1.29 is 9.47 Å². The normalized spacial score (nSPS) is 39.3. The Balaban J connectivity index is 1.82. The molecule has 0 saturated carbocycles. The third-order valence-corrected chi connectivity index (χ3v) is 2.36. The third-order valence-electron chi connectivity index (χ3n) is 2.36. The van der Waals surface area contributed by atoms with E-state index in [-0.39, 0.29) is 0 Å². The number of hydrogen-bond donors (Lipinski definition) is 1.